The molecule has 0 amide bonds. The zero-order valence-corrected chi connectivity index (χ0v) is 11.9. The fourth-order valence-corrected chi connectivity index (χ4v) is 2.27. The van der Waals surface area contributed by atoms with Crippen molar-refractivity contribution in [3.8, 4) is 0 Å². The number of rotatable bonds is 3. The molecule has 2 aromatic rings. The fraction of sp³-hybridized carbons (Fsp3) is 0.143. The lowest BCUT2D eigenvalue weighted by molar-refractivity contribution is 0.503. The lowest BCUT2D eigenvalue weighted by Gasteiger charge is -2.18. The maximum Gasteiger partial charge on any atom is 0.159 e. The topological polar surface area (TPSA) is 12.0 Å². The minimum atomic E-state index is -1.04. The van der Waals surface area contributed by atoms with Gasteiger partial charge in [-0.3, -0.25) is 0 Å². The summed E-state index contributed by atoms with van der Waals surface area (Å²) in [4.78, 5) is 0. The number of benzene rings is 2. The van der Waals surface area contributed by atoms with E-state index in [1.165, 1.54) is 13.1 Å². The predicted molar refractivity (Wildman–Crippen MR) is 71.3 cm³/mol. The summed E-state index contributed by atoms with van der Waals surface area (Å²) in [7, 11) is 1.52. The fourth-order valence-electron chi connectivity index (χ4n) is 1.95. The molecule has 1 N–H and O–H groups in total. The molecule has 106 valence electrons. The molecule has 0 bridgehead atoms. The molecule has 0 aliphatic rings. The molecule has 2 rings (SSSR count). The third-order valence-corrected chi connectivity index (χ3v) is 3.52. The van der Waals surface area contributed by atoms with E-state index < -0.39 is 29.3 Å². The molecular weight excluding hydrogens is 338 g/mol. The Balaban J connectivity index is 2.52. The number of hydrogen-bond acceptors (Lipinski definition) is 1. The van der Waals surface area contributed by atoms with Gasteiger partial charge in [0.2, 0.25) is 0 Å². The highest BCUT2D eigenvalue weighted by Gasteiger charge is 2.19. The van der Waals surface area contributed by atoms with Crippen LogP contribution in [-0.4, -0.2) is 7.05 Å². The van der Waals surface area contributed by atoms with Crippen molar-refractivity contribution >= 4 is 15.9 Å². The van der Waals surface area contributed by atoms with E-state index >= 15 is 0 Å². The van der Waals surface area contributed by atoms with Crippen LogP contribution in [0.3, 0.4) is 0 Å². The van der Waals surface area contributed by atoms with E-state index in [4.69, 9.17) is 0 Å². The Hall–Kier alpha value is -1.40. The second-order valence-corrected chi connectivity index (χ2v) is 5.04. The Bertz CT molecular complexity index is 645. The molecule has 1 nitrogen and oxygen atoms in total. The van der Waals surface area contributed by atoms with E-state index in [2.05, 4.69) is 21.2 Å². The molecule has 0 saturated carbocycles. The average molecular weight is 348 g/mol. The van der Waals surface area contributed by atoms with Crippen molar-refractivity contribution in [2.24, 2.45) is 0 Å². The van der Waals surface area contributed by atoms with Gasteiger partial charge in [0.05, 0.1) is 10.5 Å². The standard InChI is InChI=1S/C14H10BrF4N/c1-20-14(7-2-3-10(16)13(19)4-7)8-5-12(18)9(15)6-11(8)17/h2-6,14,20H,1H3. The highest BCUT2D eigenvalue weighted by atomic mass is 79.9. The summed E-state index contributed by atoms with van der Waals surface area (Å²) in [5.41, 5.74) is 0.311. The highest BCUT2D eigenvalue weighted by Crippen LogP contribution is 2.29. The lowest BCUT2D eigenvalue weighted by atomic mass is 9.98. The van der Waals surface area contributed by atoms with Gasteiger partial charge >= 0.3 is 0 Å². The van der Waals surface area contributed by atoms with Gasteiger partial charge in [0, 0.05) is 5.56 Å². The van der Waals surface area contributed by atoms with Crippen LogP contribution in [0.15, 0.2) is 34.8 Å². The third kappa shape index (κ3) is 2.86. The van der Waals surface area contributed by atoms with Crippen molar-refractivity contribution in [1.29, 1.82) is 0 Å². The van der Waals surface area contributed by atoms with E-state index in [1.807, 2.05) is 0 Å². The normalized spacial score (nSPS) is 12.5. The Morgan fingerprint density at radius 1 is 0.900 bits per heavy atom. The lowest BCUT2D eigenvalue weighted by Crippen LogP contribution is -2.19. The van der Waals surface area contributed by atoms with Crippen molar-refractivity contribution in [1.82, 2.24) is 5.32 Å². The summed E-state index contributed by atoms with van der Waals surface area (Å²) >= 11 is 2.88. The Morgan fingerprint density at radius 3 is 2.20 bits per heavy atom. The molecule has 0 aliphatic carbocycles. The second-order valence-electron chi connectivity index (χ2n) is 4.18. The zero-order chi connectivity index (χ0) is 14.9. The van der Waals surface area contributed by atoms with Gasteiger partial charge in [-0.1, -0.05) is 6.07 Å². The van der Waals surface area contributed by atoms with Crippen LogP contribution in [0.5, 0.6) is 0 Å². The minimum absolute atomic E-state index is 0.00103. The molecule has 0 saturated heterocycles. The van der Waals surface area contributed by atoms with Crippen LogP contribution in [0.2, 0.25) is 0 Å². The van der Waals surface area contributed by atoms with Gasteiger partial charge < -0.3 is 5.32 Å². The maximum absolute atomic E-state index is 13.9. The predicted octanol–water partition coefficient (Wildman–Crippen LogP) is 4.31. The summed E-state index contributed by atoms with van der Waals surface area (Å²) in [5, 5.41) is 2.76. The summed E-state index contributed by atoms with van der Waals surface area (Å²) < 4.78 is 53.7. The monoisotopic (exact) mass is 347 g/mol. The smallest absolute Gasteiger partial charge is 0.159 e. The van der Waals surface area contributed by atoms with Crippen LogP contribution >= 0.6 is 15.9 Å². The first-order chi connectivity index (χ1) is 9.43. The average Bonchev–Trinajstić information content (AvgIpc) is 2.40. The molecule has 0 spiro atoms. The molecule has 0 fully saturated rings. The maximum atomic E-state index is 13.9. The van der Waals surface area contributed by atoms with Crippen LogP contribution in [0.1, 0.15) is 17.2 Å². The Labute approximate surface area is 121 Å². The van der Waals surface area contributed by atoms with E-state index in [1.54, 1.807) is 0 Å². The van der Waals surface area contributed by atoms with Gasteiger partial charge in [-0.2, -0.15) is 0 Å². The largest absolute Gasteiger partial charge is 0.309 e. The van der Waals surface area contributed by atoms with E-state index in [0.717, 1.165) is 24.3 Å². The van der Waals surface area contributed by atoms with Crippen molar-refractivity contribution in [3.05, 3.63) is 69.2 Å². The summed E-state index contributed by atoms with van der Waals surface area (Å²) in [5.74, 6) is -3.32. The molecule has 0 aromatic heterocycles. The third-order valence-electron chi connectivity index (χ3n) is 2.92. The molecule has 2 aromatic carbocycles. The first-order valence-electron chi connectivity index (χ1n) is 5.70. The summed E-state index contributed by atoms with van der Waals surface area (Å²) in [6.07, 6.45) is 0. The van der Waals surface area contributed by atoms with Crippen molar-refractivity contribution in [3.63, 3.8) is 0 Å². The van der Waals surface area contributed by atoms with E-state index in [0.29, 0.717) is 5.56 Å². The molecule has 0 radical (unpaired) electrons. The van der Waals surface area contributed by atoms with Crippen molar-refractivity contribution < 1.29 is 17.6 Å². The van der Waals surface area contributed by atoms with Gasteiger partial charge in [0.25, 0.3) is 0 Å². The Morgan fingerprint density at radius 2 is 1.60 bits per heavy atom. The minimum Gasteiger partial charge on any atom is -0.309 e. The second kappa shape index (κ2) is 5.93. The van der Waals surface area contributed by atoms with Gasteiger partial charge in [-0.15, -0.1) is 0 Å². The molecule has 1 atom stereocenters. The highest BCUT2D eigenvalue weighted by molar-refractivity contribution is 9.10. The Kier molecular flexibility index (Phi) is 4.45. The molecule has 0 aliphatic heterocycles. The van der Waals surface area contributed by atoms with Crippen LogP contribution < -0.4 is 5.32 Å². The molecule has 20 heavy (non-hydrogen) atoms. The van der Waals surface area contributed by atoms with E-state index in [-0.39, 0.29) is 10.0 Å². The number of nitrogens with one attached hydrogen (secondary N) is 1. The first-order valence-corrected chi connectivity index (χ1v) is 6.50. The quantitative estimate of drug-likeness (QED) is 0.644. The first kappa shape index (κ1) is 15.0. The number of hydrogen-bond donors (Lipinski definition) is 1. The van der Waals surface area contributed by atoms with Gasteiger partial charge in [0.15, 0.2) is 11.6 Å². The van der Waals surface area contributed by atoms with Crippen molar-refractivity contribution in [2.45, 2.75) is 6.04 Å². The van der Waals surface area contributed by atoms with Gasteiger partial charge in [-0.25, -0.2) is 17.6 Å². The molecular formula is C14H10BrF4N. The van der Waals surface area contributed by atoms with Crippen LogP contribution in [0.25, 0.3) is 0 Å². The van der Waals surface area contributed by atoms with Gasteiger partial charge in [-0.05, 0) is 52.8 Å². The van der Waals surface area contributed by atoms with Crippen molar-refractivity contribution in [2.75, 3.05) is 7.05 Å². The van der Waals surface area contributed by atoms with E-state index in [9.17, 15) is 17.6 Å². The molecule has 6 heteroatoms. The zero-order valence-electron chi connectivity index (χ0n) is 10.4. The summed E-state index contributed by atoms with van der Waals surface area (Å²) in [6, 6.07) is 4.45. The molecule has 1 unspecified atom stereocenters. The van der Waals surface area contributed by atoms with Crippen LogP contribution in [-0.2, 0) is 0 Å². The van der Waals surface area contributed by atoms with Crippen LogP contribution in [0.4, 0.5) is 17.6 Å². The number of halogens is 5. The van der Waals surface area contributed by atoms with Crippen LogP contribution in [0, 0.1) is 23.3 Å². The van der Waals surface area contributed by atoms with Gasteiger partial charge in [0.1, 0.15) is 11.6 Å². The summed E-state index contributed by atoms with van der Waals surface area (Å²) in [6.45, 7) is 0. The molecule has 0 heterocycles. The SMILES string of the molecule is CNC(c1ccc(F)c(F)c1)c1cc(F)c(Br)cc1F.